The van der Waals surface area contributed by atoms with Crippen LogP contribution < -0.4 is 20.3 Å². The second-order valence-corrected chi connectivity index (χ2v) is 10.2. The smallest absolute Gasteiger partial charge is 0.282 e. The van der Waals surface area contributed by atoms with Crippen LogP contribution in [-0.4, -0.2) is 35.0 Å². The lowest BCUT2D eigenvalue weighted by molar-refractivity contribution is -0.118. The lowest BCUT2D eigenvalue weighted by atomic mass is 10.1. The van der Waals surface area contributed by atoms with Crippen LogP contribution in [0, 0.1) is 5.82 Å². The topological polar surface area (TPSA) is 108 Å². The number of amides is 1. The molecule has 46 heavy (non-hydrogen) atoms. The standard InChI is InChI=1S/C36H29FN4O5/c1-3-11-25-18-23(19-31(44-4-2)34(25)45-22-33(42)39-29-16-9-7-14-27(29)37)21-38-41-35(32-20-24-12-5-10-17-30(24)46-32)40-28-15-8-6-13-26(28)36(41)43/h3,5-10,12-21H,1,4,11,22H2,2H3,(H,39,42). The number of rotatable bonds is 11. The van der Waals surface area contributed by atoms with Gasteiger partial charge in [-0.2, -0.15) is 9.78 Å². The van der Waals surface area contributed by atoms with E-state index in [4.69, 9.17) is 18.9 Å². The molecule has 1 N–H and O–H groups in total. The molecule has 0 bridgehead atoms. The van der Waals surface area contributed by atoms with Crippen molar-refractivity contribution < 1.29 is 23.1 Å². The highest BCUT2D eigenvalue weighted by Crippen LogP contribution is 2.34. The summed E-state index contributed by atoms with van der Waals surface area (Å²) < 4.78 is 33.1. The third-order valence-electron chi connectivity index (χ3n) is 7.04. The van der Waals surface area contributed by atoms with Crippen molar-refractivity contribution in [3.63, 3.8) is 0 Å². The van der Waals surface area contributed by atoms with Crippen LogP contribution in [0.1, 0.15) is 18.1 Å². The number of furan rings is 1. The Kier molecular flexibility index (Phi) is 8.69. The van der Waals surface area contributed by atoms with Gasteiger partial charge < -0.3 is 19.2 Å². The Morgan fingerprint density at radius 2 is 1.83 bits per heavy atom. The van der Waals surface area contributed by atoms with Gasteiger partial charge in [-0.1, -0.05) is 48.5 Å². The molecule has 0 spiro atoms. The van der Waals surface area contributed by atoms with Crippen molar-refractivity contribution in [2.24, 2.45) is 5.10 Å². The molecule has 10 heteroatoms. The first-order chi connectivity index (χ1) is 22.4. The molecule has 0 aliphatic rings. The minimum atomic E-state index is -0.550. The predicted octanol–water partition coefficient (Wildman–Crippen LogP) is 6.98. The van der Waals surface area contributed by atoms with Gasteiger partial charge in [-0.15, -0.1) is 6.58 Å². The number of halogens is 1. The zero-order chi connectivity index (χ0) is 32.0. The molecular weight excluding hydrogens is 587 g/mol. The largest absolute Gasteiger partial charge is 0.490 e. The molecule has 0 aliphatic heterocycles. The third-order valence-corrected chi connectivity index (χ3v) is 7.04. The number of allylic oxidation sites excluding steroid dienone is 1. The first kappa shape index (κ1) is 30.0. The summed E-state index contributed by atoms with van der Waals surface area (Å²) in [7, 11) is 0. The molecule has 0 saturated heterocycles. The minimum Gasteiger partial charge on any atom is -0.490 e. The van der Waals surface area contributed by atoms with Gasteiger partial charge in [0.25, 0.3) is 11.5 Å². The van der Waals surface area contributed by atoms with E-state index in [0.29, 0.717) is 57.9 Å². The first-order valence-corrected chi connectivity index (χ1v) is 14.6. The van der Waals surface area contributed by atoms with Crippen molar-refractivity contribution in [2.75, 3.05) is 18.5 Å². The number of nitrogens with one attached hydrogen (secondary N) is 1. The molecule has 1 amide bonds. The minimum absolute atomic E-state index is 0.0550. The Hall–Kier alpha value is -6.03. The maximum absolute atomic E-state index is 14.0. The van der Waals surface area contributed by atoms with Gasteiger partial charge in [0, 0.05) is 10.9 Å². The van der Waals surface area contributed by atoms with Gasteiger partial charge in [-0.05, 0) is 67.4 Å². The molecule has 0 unspecified atom stereocenters. The lowest BCUT2D eigenvalue weighted by Gasteiger charge is -2.17. The molecule has 0 aliphatic carbocycles. The molecule has 0 fully saturated rings. The van der Waals surface area contributed by atoms with Gasteiger partial charge >= 0.3 is 0 Å². The van der Waals surface area contributed by atoms with Crippen LogP contribution in [0.2, 0.25) is 0 Å². The molecule has 9 nitrogen and oxygen atoms in total. The number of aromatic nitrogens is 2. The number of hydrogen-bond donors (Lipinski definition) is 1. The normalized spacial score (nSPS) is 11.3. The fourth-order valence-corrected chi connectivity index (χ4v) is 4.99. The van der Waals surface area contributed by atoms with E-state index in [0.717, 1.165) is 5.39 Å². The SMILES string of the molecule is C=CCc1cc(C=Nn2c(-c3cc4ccccc4o3)nc3ccccc3c2=O)cc(OCC)c1OCC(=O)Nc1ccccc1F. The quantitative estimate of drug-likeness (QED) is 0.124. The molecule has 0 radical (unpaired) electrons. The molecular formula is C36H29FN4O5. The Labute approximate surface area is 263 Å². The van der Waals surface area contributed by atoms with Crippen molar-refractivity contribution in [1.29, 1.82) is 0 Å². The molecule has 6 rings (SSSR count). The maximum Gasteiger partial charge on any atom is 0.282 e. The number of benzene rings is 4. The Bertz CT molecular complexity index is 2140. The van der Waals surface area contributed by atoms with E-state index in [9.17, 15) is 14.0 Å². The van der Waals surface area contributed by atoms with Gasteiger partial charge in [-0.3, -0.25) is 9.59 Å². The van der Waals surface area contributed by atoms with E-state index in [-0.39, 0.29) is 23.7 Å². The van der Waals surface area contributed by atoms with Crippen molar-refractivity contribution in [2.45, 2.75) is 13.3 Å². The van der Waals surface area contributed by atoms with Gasteiger partial charge in [0.2, 0.25) is 5.82 Å². The summed E-state index contributed by atoms with van der Waals surface area (Å²) in [5, 5.41) is 8.35. The zero-order valence-corrected chi connectivity index (χ0v) is 24.9. The summed E-state index contributed by atoms with van der Waals surface area (Å²) in [5.74, 6) is 0.253. The van der Waals surface area contributed by atoms with Crippen LogP contribution in [0.4, 0.5) is 10.1 Å². The summed E-state index contributed by atoms with van der Waals surface area (Å²) in [5.41, 5.74) is 2.13. The van der Waals surface area contributed by atoms with Crippen LogP contribution in [0.25, 0.3) is 33.5 Å². The average Bonchev–Trinajstić information content (AvgIpc) is 3.50. The molecule has 0 saturated carbocycles. The summed E-state index contributed by atoms with van der Waals surface area (Å²) >= 11 is 0. The maximum atomic E-state index is 14.0. The van der Waals surface area contributed by atoms with Gasteiger partial charge in [-0.25, -0.2) is 9.37 Å². The van der Waals surface area contributed by atoms with Crippen molar-refractivity contribution in [3.8, 4) is 23.1 Å². The number of anilines is 1. The van der Waals surface area contributed by atoms with E-state index in [1.807, 2.05) is 43.3 Å². The van der Waals surface area contributed by atoms with Crippen LogP contribution >= 0.6 is 0 Å². The van der Waals surface area contributed by atoms with Gasteiger partial charge in [0.15, 0.2) is 23.9 Å². The molecule has 230 valence electrons. The van der Waals surface area contributed by atoms with Crippen LogP contribution in [0.15, 0.2) is 118 Å². The highest BCUT2D eigenvalue weighted by Gasteiger charge is 2.18. The third kappa shape index (κ3) is 6.27. The molecule has 4 aromatic carbocycles. The monoisotopic (exact) mass is 616 g/mol. The fourth-order valence-electron chi connectivity index (χ4n) is 4.99. The molecule has 6 aromatic rings. The molecule has 2 heterocycles. The number of carbonyl (C=O) groups excluding carboxylic acids is 1. The Morgan fingerprint density at radius 1 is 1.04 bits per heavy atom. The van der Waals surface area contributed by atoms with Crippen molar-refractivity contribution in [3.05, 3.63) is 131 Å². The predicted molar refractivity (Wildman–Crippen MR) is 176 cm³/mol. The number of fused-ring (bicyclic) bond motifs is 2. The summed E-state index contributed by atoms with van der Waals surface area (Å²) in [6, 6.07) is 25.8. The zero-order valence-electron chi connectivity index (χ0n) is 24.9. The van der Waals surface area contributed by atoms with E-state index >= 15 is 0 Å². The van der Waals surface area contributed by atoms with E-state index in [1.54, 1.807) is 42.5 Å². The van der Waals surface area contributed by atoms with E-state index in [2.05, 4.69) is 17.0 Å². The first-order valence-electron chi connectivity index (χ1n) is 14.6. The Morgan fingerprint density at radius 3 is 2.63 bits per heavy atom. The second-order valence-electron chi connectivity index (χ2n) is 10.2. The summed E-state index contributed by atoms with van der Waals surface area (Å²) in [6.07, 6.45) is 3.59. The van der Waals surface area contributed by atoms with Gasteiger partial charge in [0.05, 0.1) is 29.4 Å². The van der Waals surface area contributed by atoms with Crippen LogP contribution in [0.3, 0.4) is 0 Å². The molecule has 2 aromatic heterocycles. The Balaban J connectivity index is 1.37. The lowest BCUT2D eigenvalue weighted by Crippen LogP contribution is -2.21. The fraction of sp³-hybridized carbons (Fsp3) is 0.111. The number of para-hydroxylation sites is 3. The summed E-state index contributed by atoms with van der Waals surface area (Å²) in [6.45, 7) is 5.60. The van der Waals surface area contributed by atoms with Gasteiger partial charge in [0.1, 0.15) is 11.4 Å². The highest BCUT2D eigenvalue weighted by molar-refractivity contribution is 5.92. The average molecular weight is 617 g/mol. The number of carbonyl (C=O) groups is 1. The van der Waals surface area contributed by atoms with Crippen molar-refractivity contribution >= 4 is 39.7 Å². The molecule has 0 atom stereocenters. The number of hydrogen-bond acceptors (Lipinski definition) is 7. The number of nitrogens with zero attached hydrogens (tertiary/aromatic N) is 3. The van der Waals surface area contributed by atoms with Crippen LogP contribution in [0.5, 0.6) is 11.5 Å². The number of ether oxygens (including phenoxy) is 2. The summed E-state index contributed by atoms with van der Waals surface area (Å²) in [4.78, 5) is 31.0. The van der Waals surface area contributed by atoms with Crippen molar-refractivity contribution in [1.82, 2.24) is 9.66 Å². The second kappa shape index (κ2) is 13.3. The van der Waals surface area contributed by atoms with Crippen LogP contribution in [-0.2, 0) is 11.2 Å². The highest BCUT2D eigenvalue weighted by atomic mass is 19.1. The van der Waals surface area contributed by atoms with E-state index in [1.165, 1.54) is 29.1 Å². The van der Waals surface area contributed by atoms with E-state index < -0.39 is 11.7 Å².